The highest BCUT2D eigenvalue weighted by molar-refractivity contribution is 6.15. The van der Waals surface area contributed by atoms with Crippen LogP contribution >= 0.6 is 0 Å². The van der Waals surface area contributed by atoms with Gasteiger partial charge in [0, 0.05) is 11.1 Å². The summed E-state index contributed by atoms with van der Waals surface area (Å²) in [4.78, 5) is 48.0. The first-order chi connectivity index (χ1) is 13.3. The molecule has 1 aliphatic carbocycles. The van der Waals surface area contributed by atoms with E-state index in [4.69, 9.17) is 5.11 Å². The van der Waals surface area contributed by atoms with E-state index < -0.39 is 47.5 Å². The summed E-state index contributed by atoms with van der Waals surface area (Å²) >= 11 is 0. The van der Waals surface area contributed by atoms with E-state index in [2.05, 4.69) is 5.32 Å². The van der Waals surface area contributed by atoms with E-state index in [1.807, 2.05) is 18.2 Å². The van der Waals surface area contributed by atoms with Gasteiger partial charge in [0.05, 0.1) is 11.8 Å². The normalized spacial score (nSPS) is 23.9. The Morgan fingerprint density at radius 1 is 0.929 bits per heavy atom. The molecule has 3 rings (SSSR count). The second-order valence-electron chi connectivity index (χ2n) is 6.59. The van der Waals surface area contributed by atoms with Gasteiger partial charge in [0.25, 0.3) is 0 Å². The lowest BCUT2D eigenvalue weighted by molar-refractivity contribution is -0.165. The van der Waals surface area contributed by atoms with Crippen molar-refractivity contribution >= 4 is 40.3 Å². The first-order valence-electron chi connectivity index (χ1n) is 8.45. The zero-order valence-electron chi connectivity index (χ0n) is 14.5. The molecule has 2 unspecified atom stereocenters. The lowest BCUT2D eigenvalue weighted by Crippen LogP contribution is -2.52. The van der Waals surface area contributed by atoms with Gasteiger partial charge in [0.2, 0.25) is 5.91 Å². The summed E-state index contributed by atoms with van der Waals surface area (Å²) < 4.78 is 0. The van der Waals surface area contributed by atoms with Crippen LogP contribution in [-0.4, -0.2) is 39.1 Å². The zero-order valence-corrected chi connectivity index (χ0v) is 14.5. The van der Waals surface area contributed by atoms with Crippen LogP contribution in [0.4, 0.5) is 5.69 Å². The highest BCUT2D eigenvalue weighted by Crippen LogP contribution is 2.41. The standard InChI is InChI=1S/C20H17NO7/c22-16(23)12-8-9-20(19(27)28,14(10-12)17(24)25)18(26)21-15-7-3-5-11-4-1-2-6-13(11)15/h1-9,12,14H,10H2,(H,21,26)(H,22,23)(H,24,25)(H,27,28)/t12?,14?,20-/m0/s1. The van der Waals surface area contributed by atoms with E-state index in [1.165, 1.54) is 0 Å². The van der Waals surface area contributed by atoms with Gasteiger partial charge in [-0.1, -0.05) is 48.6 Å². The van der Waals surface area contributed by atoms with Gasteiger partial charge in [-0.15, -0.1) is 0 Å². The lowest BCUT2D eigenvalue weighted by atomic mass is 9.66. The number of fused-ring (bicyclic) bond motifs is 1. The van der Waals surface area contributed by atoms with E-state index in [0.29, 0.717) is 11.1 Å². The molecule has 3 atom stereocenters. The summed E-state index contributed by atoms with van der Waals surface area (Å²) in [6.07, 6.45) is 1.45. The van der Waals surface area contributed by atoms with E-state index in [0.717, 1.165) is 17.5 Å². The molecule has 0 saturated heterocycles. The number of hydrogen-bond donors (Lipinski definition) is 4. The Bertz CT molecular complexity index is 1010. The van der Waals surface area contributed by atoms with Gasteiger partial charge in [-0.05, 0) is 17.9 Å². The van der Waals surface area contributed by atoms with Gasteiger partial charge in [0.15, 0.2) is 5.41 Å². The second-order valence-corrected chi connectivity index (χ2v) is 6.59. The molecule has 8 nitrogen and oxygen atoms in total. The molecule has 2 aromatic carbocycles. The number of carbonyl (C=O) groups excluding carboxylic acids is 1. The Morgan fingerprint density at radius 3 is 2.25 bits per heavy atom. The van der Waals surface area contributed by atoms with Crippen molar-refractivity contribution in [1.29, 1.82) is 0 Å². The van der Waals surface area contributed by atoms with Crippen molar-refractivity contribution in [2.75, 3.05) is 5.32 Å². The highest BCUT2D eigenvalue weighted by Gasteiger charge is 2.57. The Hall–Kier alpha value is -3.68. The summed E-state index contributed by atoms with van der Waals surface area (Å²) in [7, 11) is 0. The van der Waals surface area contributed by atoms with Gasteiger partial charge in [-0.3, -0.25) is 19.2 Å². The largest absolute Gasteiger partial charge is 0.481 e. The maximum Gasteiger partial charge on any atom is 0.324 e. The molecule has 144 valence electrons. The van der Waals surface area contributed by atoms with Crippen molar-refractivity contribution in [3.05, 3.63) is 54.6 Å². The minimum Gasteiger partial charge on any atom is -0.481 e. The lowest BCUT2D eigenvalue weighted by Gasteiger charge is -2.35. The third kappa shape index (κ3) is 3.09. The van der Waals surface area contributed by atoms with Crippen LogP contribution < -0.4 is 5.32 Å². The van der Waals surface area contributed by atoms with E-state index in [9.17, 15) is 29.4 Å². The van der Waals surface area contributed by atoms with Gasteiger partial charge in [0.1, 0.15) is 0 Å². The van der Waals surface area contributed by atoms with E-state index >= 15 is 0 Å². The average molecular weight is 383 g/mol. The summed E-state index contributed by atoms with van der Waals surface area (Å²) in [5.41, 5.74) is -2.09. The van der Waals surface area contributed by atoms with Crippen molar-refractivity contribution in [3.63, 3.8) is 0 Å². The first kappa shape index (κ1) is 19.1. The predicted octanol–water partition coefficient (Wildman–Crippen LogP) is 2.21. The molecule has 0 heterocycles. The Balaban J connectivity index is 2.06. The number of carboxylic acid groups (broad SMARTS) is 3. The van der Waals surface area contributed by atoms with Crippen LogP contribution in [0, 0.1) is 17.3 Å². The third-order valence-corrected chi connectivity index (χ3v) is 5.01. The molecule has 0 bridgehead atoms. The van der Waals surface area contributed by atoms with Crippen LogP contribution in [-0.2, 0) is 19.2 Å². The quantitative estimate of drug-likeness (QED) is 0.458. The third-order valence-electron chi connectivity index (χ3n) is 5.01. The Morgan fingerprint density at radius 2 is 1.61 bits per heavy atom. The van der Waals surface area contributed by atoms with Crippen molar-refractivity contribution in [1.82, 2.24) is 0 Å². The topological polar surface area (TPSA) is 141 Å². The summed E-state index contributed by atoms with van der Waals surface area (Å²) in [5.74, 6) is -8.44. The Labute approximate surface area is 159 Å². The smallest absolute Gasteiger partial charge is 0.324 e. The molecule has 0 spiro atoms. The molecule has 8 heteroatoms. The molecule has 1 aliphatic rings. The molecule has 0 aliphatic heterocycles. The van der Waals surface area contributed by atoms with Gasteiger partial charge >= 0.3 is 17.9 Å². The van der Waals surface area contributed by atoms with Gasteiger partial charge in [-0.25, -0.2) is 0 Å². The molecule has 2 aromatic rings. The van der Waals surface area contributed by atoms with E-state index in [-0.39, 0.29) is 0 Å². The SMILES string of the molecule is O=C(O)C1C=C[C@@](C(=O)O)(C(=O)Nc2cccc3ccccc23)C(C(=O)O)C1. The van der Waals surface area contributed by atoms with Crippen molar-refractivity contribution < 1.29 is 34.5 Å². The number of rotatable bonds is 5. The molecule has 0 saturated carbocycles. The van der Waals surface area contributed by atoms with Crippen molar-refractivity contribution in [2.45, 2.75) is 6.42 Å². The fraction of sp³-hybridized carbons (Fsp3) is 0.200. The molecular formula is C20H17NO7. The summed E-state index contributed by atoms with van der Waals surface area (Å²) in [6.45, 7) is 0. The number of carbonyl (C=O) groups is 4. The predicted molar refractivity (Wildman–Crippen MR) is 98.7 cm³/mol. The first-order valence-corrected chi connectivity index (χ1v) is 8.45. The summed E-state index contributed by atoms with van der Waals surface area (Å²) in [5, 5.41) is 32.5. The number of nitrogens with one attached hydrogen (secondary N) is 1. The van der Waals surface area contributed by atoms with Gasteiger partial charge in [-0.2, -0.15) is 0 Å². The Kier molecular flexibility index (Phi) is 4.87. The number of carboxylic acids is 3. The van der Waals surface area contributed by atoms with Crippen LogP contribution in [0.25, 0.3) is 10.8 Å². The second kappa shape index (κ2) is 7.15. The maximum absolute atomic E-state index is 13.0. The van der Waals surface area contributed by atoms with Crippen molar-refractivity contribution in [2.24, 2.45) is 17.3 Å². The number of aliphatic carboxylic acids is 3. The molecule has 0 radical (unpaired) electrons. The number of hydrogen-bond acceptors (Lipinski definition) is 4. The molecule has 1 amide bonds. The minimum atomic E-state index is -2.42. The molecule has 0 aromatic heterocycles. The van der Waals surface area contributed by atoms with Crippen LogP contribution in [0.5, 0.6) is 0 Å². The van der Waals surface area contributed by atoms with Crippen LogP contribution in [0.3, 0.4) is 0 Å². The molecule has 4 N–H and O–H groups in total. The highest BCUT2D eigenvalue weighted by atomic mass is 16.4. The van der Waals surface area contributed by atoms with Crippen molar-refractivity contribution in [3.8, 4) is 0 Å². The zero-order chi connectivity index (χ0) is 20.5. The number of amides is 1. The van der Waals surface area contributed by atoms with E-state index in [1.54, 1.807) is 24.3 Å². The average Bonchev–Trinajstić information content (AvgIpc) is 2.67. The maximum atomic E-state index is 13.0. The minimum absolute atomic E-state index is 0.335. The molecule has 28 heavy (non-hydrogen) atoms. The van der Waals surface area contributed by atoms with Crippen LogP contribution in [0.1, 0.15) is 6.42 Å². The monoisotopic (exact) mass is 383 g/mol. The summed E-state index contributed by atoms with van der Waals surface area (Å²) in [6, 6.07) is 12.2. The van der Waals surface area contributed by atoms with Gasteiger partial charge < -0.3 is 20.6 Å². The molecular weight excluding hydrogens is 366 g/mol. The fourth-order valence-corrected chi connectivity index (χ4v) is 3.49. The fourth-order valence-electron chi connectivity index (χ4n) is 3.49. The van der Waals surface area contributed by atoms with Crippen LogP contribution in [0.15, 0.2) is 54.6 Å². The number of benzene rings is 2. The molecule has 0 fully saturated rings. The number of anilines is 1. The van der Waals surface area contributed by atoms with Crippen LogP contribution in [0.2, 0.25) is 0 Å².